The molecule has 0 atom stereocenters. The Kier molecular flexibility index (Phi) is 3.97. The van der Waals surface area contributed by atoms with E-state index in [1.165, 1.54) is 5.56 Å². The highest BCUT2D eigenvalue weighted by Crippen LogP contribution is 2.25. The number of aromatic nitrogens is 2. The highest BCUT2D eigenvalue weighted by molar-refractivity contribution is 6.30. The first kappa shape index (κ1) is 14.9. The van der Waals surface area contributed by atoms with Gasteiger partial charge in [-0.3, -0.25) is 0 Å². The van der Waals surface area contributed by atoms with Gasteiger partial charge in [-0.15, -0.1) is 0 Å². The molecule has 0 aliphatic carbocycles. The van der Waals surface area contributed by atoms with Crippen molar-refractivity contribution in [2.24, 2.45) is 0 Å². The molecule has 1 heterocycles. The van der Waals surface area contributed by atoms with Crippen molar-refractivity contribution in [2.45, 2.75) is 6.42 Å². The van der Waals surface area contributed by atoms with Crippen LogP contribution in [0.15, 0.2) is 78.9 Å². The summed E-state index contributed by atoms with van der Waals surface area (Å²) in [4.78, 5) is 9.74. The van der Waals surface area contributed by atoms with Gasteiger partial charge in [0.15, 0.2) is 0 Å². The standard InChI is InChI=1S/C21H15ClN2/c22-17-12-10-15(11-13-17)14-20-21(16-6-2-1-3-7-16)24-19-9-5-4-8-18(19)23-20/h1-13H,14H2. The van der Waals surface area contributed by atoms with E-state index in [2.05, 4.69) is 12.1 Å². The molecule has 116 valence electrons. The van der Waals surface area contributed by atoms with Crippen LogP contribution in [0.3, 0.4) is 0 Å². The monoisotopic (exact) mass is 330 g/mol. The number of halogens is 1. The molecule has 0 N–H and O–H groups in total. The summed E-state index contributed by atoms with van der Waals surface area (Å²) in [6.07, 6.45) is 0.721. The van der Waals surface area contributed by atoms with E-state index in [9.17, 15) is 0 Å². The number of hydrogen-bond acceptors (Lipinski definition) is 2. The molecule has 0 saturated heterocycles. The van der Waals surface area contributed by atoms with E-state index >= 15 is 0 Å². The predicted molar refractivity (Wildman–Crippen MR) is 99.2 cm³/mol. The SMILES string of the molecule is Clc1ccc(Cc2nc3ccccc3nc2-c2ccccc2)cc1. The Balaban J connectivity index is 1.86. The van der Waals surface area contributed by atoms with Crippen LogP contribution in [0.4, 0.5) is 0 Å². The van der Waals surface area contributed by atoms with Crippen LogP contribution in [0.5, 0.6) is 0 Å². The first-order chi connectivity index (χ1) is 11.8. The number of benzene rings is 3. The lowest BCUT2D eigenvalue weighted by molar-refractivity contribution is 1.07. The zero-order valence-corrected chi connectivity index (χ0v) is 13.7. The van der Waals surface area contributed by atoms with Crippen molar-refractivity contribution in [1.82, 2.24) is 9.97 Å². The first-order valence-electron chi connectivity index (χ1n) is 7.85. The third-order valence-electron chi connectivity index (χ3n) is 3.97. The minimum absolute atomic E-state index is 0.721. The average molecular weight is 331 g/mol. The molecular formula is C21H15ClN2. The van der Waals surface area contributed by atoms with E-state index in [-0.39, 0.29) is 0 Å². The smallest absolute Gasteiger partial charge is 0.0928 e. The quantitative estimate of drug-likeness (QED) is 0.493. The van der Waals surface area contributed by atoms with Gasteiger partial charge >= 0.3 is 0 Å². The van der Waals surface area contributed by atoms with E-state index in [0.717, 1.165) is 39.4 Å². The fraction of sp³-hybridized carbons (Fsp3) is 0.0476. The molecule has 3 heteroatoms. The predicted octanol–water partition coefficient (Wildman–Crippen LogP) is 5.54. The molecule has 0 radical (unpaired) electrons. The average Bonchev–Trinajstić information content (AvgIpc) is 2.64. The lowest BCUT2D eigenvalue weighted by atomic mass is 10.0. The minimum Gasteiger partial charge on any atom is -0.249 e. The van der Waals surface area contributed by atoms with Gasteiger partial charge in [-0.1, -0.05) is 66.2 Å². The van der Waals surface area contributed by atoms with Gasteiger partial charge in [0.05, 0.1) is 22.4 Å². The Morgan fingerprint density at radius 1 is 0.667 bits per heavy atom. The molecular weight excluding hydrogens is 316 g/mol. The van der Waals surface area contributed by atoms with E-state index in [0.29, 0.717) is 0 Å². The van der Waals surface area contributed by atoms with Gasteiger partial charge in [-0.2, -0.15) is 0 Å². The molecule has 1 aromatic heterocycles. The molecule has 0 bridgehead atoms. The van der Waals surface area contributed by atoms with Gasteiger partial charge in [-0.05, 0) is 29.8 Å². The Morgan fingerprint density at radius 3 is 2.00 bits per heavy atom. The van der Waals surface area contributed by atoms with Crippen molar-refractivity contribution in [2.75, 3.05) is 0 Å². The third-order valence-corrected chi connectivity index (χ3v) is 4.23. The van der Waals surface area contributed by atoms with Crippen molar-refractivity contribution >= 4 is 22.6 Å². The van der Waals surface area contributed by atoms with Gasteiger partial charge < -0.3 is 0 Å². The van der Waals surface area contributed by atoms with Crippen molar-refractivity contribution in [3.63, 3.8) is 0 Å². The molecule has 4 aromatic rings. The van der Waals surface area contributed by atoms with E-state index in [1.807, 2.05) is 66.7 Å². The molecule has 0 aliphatic heterocycles. The lowest BCUT2D eigenvalue weighted by Crippen LogP contribution is -2.00. The van der Waals surface area contributed by atoms with Gasteiger partial charge in [0.25, 0.3) is 0 Å². The van der Waals surface area contributed by atoms with Crippen molar-refractivity contribution in [1.29, 1.82) is 0 Å². The Hall–Kier alpha value is -2.71. The van der Waals surface area contributed by atoms with Gasteiger partial charge in [-0.25, -0.2) is 9.97 Å². The molecule has 2 nitrogen and oxygen atoms in total. The number of nitrogens with zero attached hydrogens (tertiary/aromatic N) is 2. The maximum atomic E-state index is 5.99. The summed E-state index contributed by atoms with van der Waals surface area (Å²) in [7, 11) is 0. The van der Waals surface area contributed by atoms with Crippen molar-refractivity contribution in [3.8, 4) is 11.3 Å². The zero-order valence-electron chi connectivity index (χ0n) is 13.0. The van der Waals surface area contributed by atoms with Crippen molar-refractivity contribution in [3.05, 3.63) is 95.1 Å². The Labute approximate surface area is 145 Å². The van der Waals surface area contributed by atoms with Crippen LogP contribution in [-0.4, -0.2) is 9.97 Å². The fourth-order valence-electron chi connectivity index (χ4n) is 2.78. The summed E-state index contributed by atoms with van der Waals surface area (Å²) < 4.78 is 0. The largest absolute Gasteiger partial charge is 0.249 e. The summed E-state index contributed by atoms with van der Waals surface area (Å²) in [6.45, 7) is 0. The van der Waals surface area contributed by atoms with E-state index < -0.39 is 0 Å². The second-order valence-electron chi connectivity index (χ2n) is 5.68. The van der Waals surface area contributed by atoms with Crippen molar-refractivity contribution < 1.29 is 0 Å². The lowest BCUT2D eigenvalue weighted by Gasteiger charge is -2.10. The summed E-state index contributed by atoms with van der Waals surface area (Å²) in [6, 6.07) is 26.1. The topological polar surface area (TPSA) is 25.8 Å². The zero-order chi connectivity index (χ0) is 16.4. The van der Waals surface area contributed by atoms with Crippen LogP contribution in [0.1, 0.15) is 11.3 Å². The second-order valence-corrected chi connectivity index (χ2v) is 6.11. The summed E-state index contributed by atoms with van der Waals surface area (Å²) in [5.41, 5.74) is 5.99. The number of hydrogen-bond donors (Lipinski definition) is 0. The molecule has 4 rings (SSSR count). The Bertz CT molecular complexity index is 980. The van der Waals surface area contributed by atoms with Crippen LogP contribution < -0.4 is 0 Å². The molecule has 0 fully saturated rings. The normalized spacial score (nSPS) is 10.9. The van der Waals surface area contributed by atoms with Gasteiger partial charge in [0, 0.05) is 17.0 Å². The van der Waals surface area contributed by atoms with Crippen LogP contribution >= 0.6 is 11.6 Å². The minimum atomic E-state index is 0.721. The summed E-state index contributed by atoms with van der Waals surface area (Å²) in [5.74, 6) is 0. The first-order valence-corrected chi connectivity index (χ1v) is 8.23. The fourth-order valence-corrected chi connectivity index (χ4v) is 2.91. The van der Waals surface area contributed by atoms with E-state index in [1.54, 1.807) is 0 Å². The summed E-state index contributed by atoms with van der Waals surface area (Å²) >= 11 is 5.99. The van der Waals surface area contributed by atoms with Crippen LogP contribution in [-0.2, 0) is 6.42 Å². The summed E-state index contributed by atoms with van der Waals surface area (Å²) in [5, 5.41) is 0.742. The maximum Gasteiger partial charge on any atom is 0.0928 e. The molecule has 0 unspecified atom stereocenters. The van der Waals surface area contributed by atoms with Crippen LogP contribution in [0, 0.1) is 0 Å². The highest BCUT2D eigenvalue weighted by Gasteiger charge is 2.11. The van der Waals surface area contributed by atoms with Crippen LogP contribution in [0.25, 0.3) is 22.3 Å². The molecule has 0 aliphatic rings. The molecule has 0 amide bonds. The Morgan fingerprint density at radius 2 is 1.29 bits per heavy atom. The molecule has 0 spiro atoms. The van der Waals surface area contributed by atoms with Gasteiger partial charge in [0.1, 0.15) is 0 Å². The van der Waals surface area contributed by atoms with Crippen LogP contribution in [0.2, 0.25) is 5.02 Å². The molecule has 3 aromatic carbocycles. The second kappa shape index (κ2) is 6.42. The maximum absolute atomic E-state index is 5.99. The van der Waals surface area contributed by atoms with E-state index in [4.69, 9.17) is 21.6 Å². The number of fused-ring (bicyclic) bond motifs is 1. The highest BCUT2D eigenvalue weighted by atomic mass is 35.5. The third kappa shape index (κ3) is 3.01. The molecule has 0 saturated carbocycles. The molecule has 24 heavy (non-hydrogen) atoms. The number of rotatable bonds is 3. The number of para-hydroxylation sites is 2. The van der Waals surface area contributed by atoms with Gasteiger partial charge in [0.2, 0.25) is 0 Å².